The van der Waals surface area contributed by atoms with Crippen molar-refractivity contribution in [1.82, 2.24) is 5.43 Å². The molecule has 0 fully saturated rings. The van der Waals surface area contributed by atoms with Gasteiger partial charge in [-0.25, -0.2) is 5.43 Å². The van der Waals surface area contributed by atoms with Gasteiger partial charge in [0.2, 0.25) is 0 Å². The lowest BCUT2D eigenvalue weighted by atomic mass is 9.98. The largest absolute Gasteiger partial charge is 0.483 e. The van der Waals surface area contributed by atoms with Crippen LogP contribution in [0.1, 0.15) is 44.2 Å². The van der Waals surface area contributed by atoms with Gasteiger partial charge in [0.15, 0.2) is 6.61 Å². The summed E-state index contributed by atoms with van der Waals surface area (Å²) in [5, 5.41) is 4.12. The Hall–Kier alpha value is -2.62. The molecule has 0 bridgehead atoms. The lowest BCUT2D eigenvalue weighted by molar-refractivity contribution is -0.123. The van der Waals surface area contributed by atoms with Crippen LogP contribution in [-0.2, 0) is 4.79 Å². The Balaban J connectivity index is 1.92. The third kappa shape index (κ3) is 4.95. The molecule has 1 amide bonds. The summed E-state index contributed by atoms with van der Waals surface area (Å²) in [6.07, 6.45) is 1.02. The molecule has 4 heteroatoms. The van der Waals surface area contributed by atoms with E-state index < -0.39 is 0 Å². The summed E-state index contributed by atoms with van der Waals surface area (Å²) in [6, 6.07) is 17.5. The zero-order valence-corrected chi connectivity index (χ0v) is 14.5. The SMILES string of the molecule is CCC(C)c1ccccc1OCC(=O)NN=C(C)c1ccccc1. The van der Waals surface area contributed by atoms with Crippen LogP contribution in [0, 0.1) is 0 Å². The van der Waals surface area contributed by atoms with Crippen LogP contribution >= 0.6 is 0 Å². The molecule has 1 unspecified atom stereocenters. The Morgan fingerprint density at radius 1 is 1.12 bits per heavy atom. The first-order valence-electron chi connectivity index (χ1n) is 8.22. The Morgan fingerprint density at radius 3 is 2.50 bits per heavy atom. The number of nitrogens with one attached hydrogen (secondary N) is 1. The van der Waals surface area contributed by atoms with E-state index in [4.69, 9.17) is 4.74 Å². The van der Waals surface area contributed by atoms with Gasteiger partial charge in [-0.1, -0.05) is 62.4 Å². The second-order valence-corrected chi connectivity index (χ2v) is 5.73. The van der Waals surface area contributed by atoms with E-state index in [0.29, 0.717) is 5.92 Å². The molecule has 0 aromatic heterocycles. The van der Waals surface area contributed by atoms with Crippen LogP contribution in [0.3, 0.4) is 0 Å². The number of carbonyl (C=O) groups is 1. The normalized spacial score (nSPS) is 12.5. The number of rotatable bonds is 7. The molecule has 0 aliphatic rings. The Bertz CT molecular complexity index is 696. The predicted octanol–water partition coefficient (Wildman–Crippen LogP) is 4.12. The van der Waals surface area contributed by atoms with Crippen molar-refractivity contribution in [2.24, 2.45) is 5.10 Å². The number of ether oxygens (including phenoxy) is 1. The molecule has 1 N–H and O–H groups in total. The van der Waals surface area contributed by atoms with Crippen LogP contribution in [0.2, 0.25) is 0 Å². The van der Waals surface area contributed by atoms with E-state index >= 15 is 0 Å². The molecular formula is C20H24N2O2. The van der Waals surface area contributed by atoms with Crippen molar-refractivity contribution in [3.8, 4) is 5.75 Å². The van der Waals surface area contributed by atoms with Gasteiger partial charge < -0.3 is 4.74 Å². The number of hydrazone groups is 1. The predicted molar refractivity (Wildman–Crippen MR) is 97.4 cm³/mol. The minimum Gasteiger partial charge on any atom is -0.483 e. The third-order valence-electron chi connectivity index (χ3n) is 3.96. The molecule has 0 saturated heterocycles. The van der Waals surface area contributed by atoms with Gasteiger partial charge in [-0.2, -0.15) is 5.10 Å². The summed E-state index contributed by atoms with van der Waals surface area (Å²) in [5.41, 5.74) is 5.39. The zero-order chi connectivity index (χ0) is 17.4. The highest BCUT2D eigenvalue weighted by Gasteiger charge is 2.11. The van der Waals surface area contributed by atoms with Crippen LogP contribution in [-0.4, -0.2) is 18.2 Å². The van der Waals surface area contributed by atoms with Gasteiger partial charge in [-0.05, 0) is 36.5 Å². The van der Waals surface area contributed by atoms with Gasteiger partial charge in [0.05, 0.1) is 5.71 Å². The third-order valence-corrected chi connectivity index (χ3v) is 3.96. The monoisotopic (exact) mass is 324 g/mol. The van der Waals surface area contributed by atoms with E-state index in [-0.39, 0.29) is 12.5 Å². The molecule has 0 radical (unpaired) electrons. The van der Waals surface area contributed by atoms with E-state index in [1.807, 2.05) is 61.5 Å². The summed E-state index contributed by atoms with van der Waals surface area (Å²) in [4.78, 5) is 12.0. The van der Waals surface area contributed by atoms with Gasteiger partial charge in [0.25, 0.3) is 5.91 Å². The molecular weight excluding hydrogens is 300 g/mol. The first-order chi connectivity index (χ1) is 11.6. The number of nitrogens with zero attached hydrogens (tertiary/aromatic N) is 1. The first-order valence-corrected chi connectivity index (χ1v) is 8.22. The molecule has 24 heavy (non-hydrogen) atoms. The molecule has 0 saturated carbocycles. The highest BCUT2D eigenvalue weighted by Crippen LogP contribution is 2.28. The fourth-order valence-corrected chi connectivity index (χ4v) is 2.30. The van der Waals surface area contributed by atoms with E-state index in [1.54, 1.807) is 0 Å². The lowest BCUT2D eigenvalue weighted by Gasteiger charge is -2.15. The summed E-state index contributed by atoms with van der Waals surface area (Å²) in [6.45, 7) is 6.08. The molecule has 2 aromatic rings. The number of benzene rings is 2. The smallest absolute Gasteiger partial charge is 0.277 e. The summed E-state index contributed by atoms with van der Waals surface area (Å²) < 4.78 is 5.68. The summed E-state index contributed by atoms with van der Waals surface area (Å²) in [7, 11) is 0. The number of amides is 1. The second-order valence-electron chi connectivity index (χ2n) is 5.73. The number of para-hydroxylation sites is 1. The van der Waals surface area contributed by atoms with Crippen LogP contribution in [0.4, 0.5) is 0 Å². The first kappa shape index (κ1) is 17.7. The average molecular weight is 324 g/mol. The lowest BCUT2D eigenvalue weighted by Crippen LogP contribution is -2.25. The molecule has 0 spiro atoms. The topological polar surface area (TPSA) is 50.7 Å². The van der Waals surface area contributed by atoms with Gasteiger partial charge in [0.1, 0.15) is 5.75 Å². The highest BCUT2D eigenvalue weighted by atomic mass is 16.5. The fourth-order valence-electron chi connectivity index (χ4n) is 2.30. The molecule has 0 heterocycles. The Labute approximate surface area is 143 Å². The van der Waals surface area contributed by atoms with E-state index in [9.17, 15) is 4.79 Å². The molecule has 4 nitrogen and oxygen atoms in total. The number of carbonyl (C=O) groups excluding carboxylic acids is 1. The number of hydrogen-bond donors (Lipinski definition) is 1. The van der Waals surface area contributed by atoms with Crippen LogP contribution < -0.4 is 10.2 Å². The number of hydrogen-bond acceptors (Lipinski definition) is 3. The van der Waals surface area contributed by atoms with Crippen molar-refractivity contribution in [2.75, 3.05) is 6.61 Å². The summed E-state index contributed by atoms with van der Waals surface area (Å²) in [5.74, 6) is 0.873. The van der Waals surface area contributed by atoms with Crippen LogP contribution in [0.5, 0.6) is 5.75 Å². The Morgan fingerprint density at radius 2 is 1.79 bits per heavy atom. The van der Waals surface area contributed by atoms with Gasteiger partial charge >= 0.3 is 0 Å². The van der Waals surface area contributed by atoms with Crippen molar-refractivity contribution >= 4 is 11.6 Å². The molecule has 0 aliphatic heterocycles. The standard InChI is InChI=1S/C20H24N2O2/c1-4-15(2)18-12-8-9-13-19(18)24-14-20(23)22-21-16(3)17-10-6-5-7-11-17/h5-13,15H,4,14H2,1-3H3,(H,22,23). The maximum absolute atomic E-state index is 12.0. The van der Waals surface area contributed by atoms with Crippen molar-refractivity contribution < 1.29 is 9.53 Å². The summed E-state index contributed by atoms with van der Waals surface area (Å²) >= 11 is 0. The van der Waals surface area contributed by atoms with E-state index in [1.165, 1.54) is 0 Å². The maximum atomic E-state index is 12.0. The molecule has 2 rings (SSSR count). The fraction of sp³-hybridized carbons (Fsp3) is 0.300. The molecule has 2 aromatic carbocycles. The minimum absolute atomic E-state index is 0.0565. The van der Waals surface area contributed by atoms with Crippen molar-refractivity contribution in [3.63, 3.8) is 0 Å². The second kappa shape index (κ2) is 8.87. The van der Waals surface area contributed by atoms with Crippen molar-refractivity contribution in [2.45, 2.75) is 33.1 Å². The minimum atomic E-state index is -0.274. The van der Waals surface area contributed by atoms with Gasteiger partial charge in [0, 0.05) is 0 Å². The molecule has 0 aliphatic carbocycles. The molecule has 1 atom stereocenters. The van der Waals surface area contributed by atoms with Crippen molar-refractivity contribution in [3.05, 3.63) is 65.7 Å². The zero-order valence-electron chi connectivity index (χ0n) is 14.5. The van der Waals surface area contributed by atoms with Crippen molar-refractivity contribution in [1.29, 1.82) is 0 Å². The van der Waals surface area contributed by atoms with E-state index in [2.05, 4.69) is 24.4 Å². The quantitative estimate of drug-likeness (QED) is 0.615. The van der Waals surface area contributed by atoms with Crippen LogP contribution in [0.15, 0.2) is 59.7 Å². The molecule has 126 valence electrons. The maximum Gasteiger partial charge on any atom is 0.277 e. The Kier molecular flexibility index (Phi) is 6.55. The van der Waals surface area contributed by atoms with Gasteiger partial charge in [-0.15, -0.1) is 0 Å². The average Bonchev–Trinajstić information content (AvgIpc) is 2.64. The highest BCUT2D eigenvalue weighted by molar-refractivity contribution is 5.99. The van der Waals surface area contributed by atoms with Gasteiger partial charge in [-0.3, -0.25) is 4.79 Å². The van der Waals surface area contributed by atoms with E-state index in [0.717, 1.165) is 29.0 Å². The van der Waals surface area contributed by atoms with Crippen LogP contribution in [0.25, 0.3) is 0 Å².